The van der Waals surface area contributed by atoms with Crippen molar-refractivity contribution in [2.24, 2.45) is 0 Å². The number of hydrogen-bond donors (Lipinski definition) is 0. The molecule has 1 aliphatic heterocycles. The van der Waals surface area contributed by atoms with Crippen LogP contribution in [0, 0.1) is 0 Å². The van der Waals surface area contributed by atoms with Gasteiger partial charge in [0.1, 0.15) is 5.58 Å². The van der Waals surface area contributed by atoms with Crippen LogP contribution in [0.1, 0.15) is 27.1 Å². The first-order valence-corrected chi connectivity index (χ1v) is 10.1. The van der Waals surface area contributed by atoms with Gasteiger partial charge in [0.15, 0.2) is 11.2 Å². The smallest absolute Gasteiger partial charge is 0.289 e. The number of thioether (sulfide) groups is 1. The molecular weight excluding hydrogens is 354 g/mol. The van der Waals surface area contributed by atoms with Crippen LogP contribution in [0.15, 0.2) is 57.1 Å². The molecule has 0 N–H and O–H groups in total. The molecule has 4 rings (SSSR count). The number of hydrogen-bond acceptors (Lipinski definition) is 5. The van der Waals surface area contributed by atoms with E-state index in [1.807, 2.05) is 11.8 Å². The molecule has 1 fully saturated rings. The molecule has 1 atom stereocenters. The van der Waals surface area contributed by atoms with Crippen LogP contribution in [0.5, 0.6) is 0 Å². The molecule has 1 amide bonds. The summed E-state index contributed by atoms with van der Waals surface area (Å²) in [7, 11) is 0. The Bertz CT molecular complexity index is 949. The van der Waals surface area contributed by atoms with Crippen LogP contribution in [0.3, 0.4) is 0 Å². The highest BCUT2D eigenvalue weighted by Crippen LogP contribution is 2.36. The molecule has 0 aliphatic carbocycles. The van der Waals surface area contributed by atoms with Crippen LogP contribution in [-0.2, 0) is 0 Å². The maximum atomic E-state index is 12.8. The van der Waals surface area contributed by atoms with E-state index in [1.165, 1.54) is 10.9 Å². The molecule has 3 heterocycles. The summed E-state index contributed by atoms with van der Waals surface area (Å²) in [6.45, 7) is 1.34. The van der Waals surface area contributed by atoms with Crippen molar-refractivity contribution >= 4 is 40.0 Å². The second-order valence-corrected chi connectivity index (χ2v) is 8.22. The summed E-state index contributed by atoms with van der Waals surface area (Å²) in [5.74, 6) is 0.810. The van der Waals surface area contributed by atoms with E-state index < -0.39 is 0 Å². The van der Waals surface area contributed by atoms with Gasteiger partial charge in [0.05, 0.1) is 5.39 Å². The molecule has 0 bridgehead atoms. The average molecular weight is 371 g/mol. The van der Waals surface area contributed by atoms with E-state index in [1.54, 1.807) is 40.5 Å². The van der Waals surface area contributed by atoms with E-state index in [0.29, 0.717) is 29.3 Å². The van der Waals surface area contributed by atoms with Gasteiger partial charge in [-0.25, -0.2) is 0 Å². The predicted molar refractivity (Wildman–Crippen MR) is 103 cm³/mol. The van der Waals surface area contributed by atoms with Gasteiger partial charge in [0.2, 0.25) is 0 Å². The molecule has 1 saturated heterocycles. The first-order valence-electron chi connectivity index (χ1n) is 8.19. The molecule has 4 nitrogen and oxygen atoms in total. The van der Waals surface area contributed by atoms with Gasteiger partial charge in [-0.2, -0.15) is 11.8 Å². The van der Waals surface area contributed by atoms with E-state index in [4.69, 9.17) is 4.42 Å². The van der Waals surface area contributed by atoms with Gasteiger partial charge in [0, 0.05) is 35.0 Å². The van der Waals surface area contributed by atoms with Gasteiger partial charge in [-0.05, 0) is 30.0 Å². The molecule has 0 spiro atoms. The van der Waals surface area contributed by atoms with E-state index in [-0.39, 0.29) is 17.1 Å². The SMILES string of the molecule is O=C(c1cc(=O)c2ccccc2o1)N1CCS[C@@H](c2cccs2)CC1. The number of benzene rings is 1. The van der Waals surface area contributed by atoms with Crippen LogP contribution >= 0.6 is 23.1 Å². The summed E-state index contributed by atoms with van der Waals surface area (Å²) in [6, 6.07) is 12.6. The van der Waals surface area contributed by atoms with Gasteiger partial charge >= 0.3 is 0 Å². The third-order valence-corrected chi connectivity index (χ3v) is 6.78. The number of carbonyl (C=O) groups is 1. The highest BCUT2D eigenvalue weighted by Gasteiger charge is 2.25. The first-order chi connectivity index (χ1) is 12.2. The predicted octanol–water partition coefficient (Wildman–Crippen LogP) is 4.17. The Morgan fingerprint density at radius 2 is 2.04 bits per heavy atom. The number of para-hydroxylation sites is 1. The van der Waals surface area contributed by atoms with E-state index >= 15 is 0 Å². The molecular formula is C19H17NO3S2. The number of thiophene rings is 1. The van der Waals surface area contributed by atoms with Gasteiger partial charge in [-0.1, -0.05) is 18.2 Å². The zero-order valence-electron chi connectivity index (χ0n) is 13.5. The number of fused-ring (bicyclic) bond motifs is 1. The fourth-order valence-corrected chi connectivity index (χ4v) is 5.28. The fraction of sp³-hybridized carbons (Fsp3) is 0.263. The lowest BCUT2D eigenvalue weighted by Gasteiger charge is -2.19. The Hall–Kier alpha value is -2.05. The maximum Gasteiger partial charge on any atom is 0.289 e. The number of carbonyl (C=O) groups excluding carboxylic acids is 1. The van der Waals surface area contributed by atoms with Crippen LogP contribution in [0.2, 0.25) is 0 Å². The zero-order chi connectivity index (χ0) is 17.2. The number of amides is 1. The van der Waals surface area contributed by atoms with Crippen molar-refractivity contribution in [3.05, 3.63) is 68.7 Å². The largest absolute Gasteiger partial charge is 0.451 e. The second-order valence-electron chi connectivity index (χ2n) is 5.93. The summed E-state index contributed by atoms with van der Waals surface area (Å²) >= 11 is 3.65. The topological polar surface area (TPSA) is 50.5 Å². The molecule has 0 radical (unpaired) electrons. The van der Waals surface area contributed by atoms with E-state index in [2.05, 4.69) is 17.5 Å². The first kappa shape index (κ1) is 16.4. The van der Waals surface area contributed by atoms with Crippen LogP contribution < -0.4 is 5.43 Å². The second kappa shape index (κ2) is 7.06. The van der Waals surface area contributed by atoms with Crippen molar-refractivity contribution in [1.82, 2.24) is 4.90 Å². The van der Waals surface area contributed by atoms with E-state index in [9.17, 15) is 9.59 Å². The van der Waals surface area contributed by atoms with E-state index in [0.717, 1.165) is 12.2 Å². The molecule has 2 aromatic heterocycles. The van der Waals surface area contributed by atoms with Crippen molar-refractivity contribution < 1.29 is 9.21 Å². The lowest BCUT2D eigenvalue weighted by molar-refractivity contribution is 0.0735. The van der Waals surface area contributed by atoms with Gasteiger partial charge in [0.25, 0.3) is 5.91 Å². The minimum Gasteiger partial charge on any atom is -0.451 e. The molecule has 128 valence electrons. The Morgan fingerprint density at radius 3 is 2.88 bits per heavy atom. The highest BCUT2D eigenvalue weighted by molar-refractivity contribution is 7.99. The monoisotopic (exact) mass is 371 g/mol. The minimum atomic E-state index is -0.199. The quantitative estimate of drug-likeness (QED) is 0.678. The summed E-state index contributed by atoms with van der Waals surface area (Å²) < 4.78 is 5.70. The van der Waals surface area contributed by atoms with Crippen LogP contribution in [0.25, 0.3) is 11.0 Å². The van der Waals surface area contributed by atoms with Gasteiger partial charge in [-0.15, -0.1) is 11.3 Å². The molecule has 1 aromatic carbocycles. The molecule has 3 aromatic rings. The van der Waals surface area contributed by atoms with Crippen LogP contribution in [-0.4, -0.2) is 29.6 Å². The molecule has 6 heteroatoms. The molecule has 1 aliphatic rings. The normalized spacial score (nSPS) is 18.2. The van der Waals surface area contributed by atoms with Crippen LogP contribution in [0.4, 0.5) is 0 Å². The minimum absolute atomic E-state index is 0.128. The summed E-state index contributed by atoms with van der Waals surface area (Å²) in [6.07, 6.45) is 0.911. The van der Waals surface area contributed by atoms with Crippen molar-refractivity contribution in [1.29, 1.82) is 0 Å². The third kappa shape index (κ3) is 3.37. The lowest BCUT2D eigenvalue weighted by atomic mass is 10.2. The average Bonchev–Trinajstić information content (AvgIpc) is 3.06. The van der Waals surface area contributed by atoms with Gasteiger partial charge < -0.3 is 9.32 Å². The zero-order valence-corrected chi connectivity index (χ0v) is 15.1. The highest BCUT2D eigenvalue weighted by atomic mass is 32.2. The molecule has 0 saturated carbocycles. The number of rotatable bonds is 2. The maximum absolute atomic E-state index is 12.8. The third-order valence-electron chi connectivity index (χ3n) is 4.33. The Morgan fingerprint density at radius 1 is 1.16 bits per heavy atom. The standard InChI is InChI=1S/C19H17NO3S2/c21-14-12-16(23-15-5-2-1-4-13(14)15)19(22)20-8-7-18(25-11-9-20)17-6-3-10-24-17/h1-6,10,12,18H,7-9,11H2/t18-/m1/s1. The fourth-order valence-electron chi connectivity index (χ4n) is 3.04. The Balaban J connectivity index is 1.56. The lowest BCUT2D eigenvalue weighted by Crippen LogP contribution is -2.33. The summed E-state index contributed by atoms with van der Waals surface area (Å²) in [4.78, 5) is 28.2. The van der Waals surface area contributed by atoms with Crippen molar-refractivity contribution in [2.45, 2.75) is 11.7 Å². The van der Waals surface area contributed by atoms with Gasteiger partial charge in [-0.3, -0.25) is 9.59 Å². The van der Waals surface area contributed by atoms with Crippen molar-refractivity contribution in [3.63, 3.8) is 0 Å². The summed E-state index contributed by atoms with van der Waals surface area (Å²) in [5, 5.41) is 3.03. The summed E-state index contributed by atoms with van der Waals surface area (Å²) in [5.41, 5.74) is 0.282. The molecule has 0 unspecified atom stereocenters. The molecule has 25 heavy (non-hydrogen) atoms. The number of nitrogens with zero attached hydrogens (tertiary/aromatic N) is 1. The van der Waals surface area contributed by atoms with Crippen molar-refractivity contribution in [2.75, 3.05) is 18.8 Å². The van der Waals surface area contributed by atoms with Crippen molar-refractivity contribution in [3.8, 4) is 0 Å². The Labute approximate surface area is 153 Å². The Kier molecular flexibility index (Phi) is 4.63.